The first-order valence-corrected chi connectivity index (χ1v) is 5.75. The monoisotopic (exact) mass is 212 g/mol. The molecule has 0 aliphatic rings. The highest BCUT2D eigenvalue weighted by atomic mass is 14.1. The van der Waals surface area contributed by atoms with Gasteiger partial charge in [0.15, 0.2) is 0 Å². The van der Waals surface area contributed by atoms with Gasteiger partial charge < -0.3 is 0 Å². The summed E-state index contributed by atoms with van der Waals surface area (Å²) in [4.78, 5) is 0. The maximum Gasteiger partial charge on any atom is -0.0153 e. The van der Waals surface area contributed by atoms with E-state index < -0.39 is 0 Å². The van der Waals surface area contributed by atoms with Crippen LogP contribution in [-0.4, -0.2) is 0 Å². The van der Waals surface area contributed by atoms with Gasteiger partial charge in [0.1, 0.15) is 0 Å². The quantitative estimate of drug-likeness (QED) is 0.625. The van der Waals surface area contributed by atoms with Gasteiger partial charge in [-0.15, -0.1) is 0 Å². The maximum atomic E-state index is 3.80. The van der Waals surface area contributed by atoms with Crippen LogP contribution in [-0.2, 0) is 0 Å². The Labute approximate surface area is 99.0 Å². The second-order valence-electron chi connectivity index (χ2n) is 4.08. The molecule has 84 valence electrons. The molecule has 0 bridgehead atoms. The lowest BCUT2D eigenvalue weighted by molar-refractivity contribution is 0.795. The average molecular weight is 212 g/mol. The van der Waals surface area contributed by atoms with E-state index in [9.17, 15) is 0 Å². The third kappa shape index (κ3) is 2.96. The van der Waals surface area contributed by atoms with Gasteiger partial charge in [0.2, 0.25) is 0 Å². The lowest BCUT2D eigenvalue weighted by Gasteiger charge is -2.15. The Bertz CT molecular complexity index is 391. The van der Waals surface area contributed by atoms with Gasteiger partial charge in [-0.2, -0.15) is 0 Å². The van der Waals surface area contributed by atoms with Crippen LogP contribution in [0.2, 0.25) is 0 Å². The van der Waals surface area contributed by atoms with Gasteiger partial charge >= 0.3 is 0 Å². The third-order valence-corrected chi connectivity index (χ3v) is 2.61. The molecule has 16 heavy (non-hydrogen) atoms. The smallest absolute Gasteiger partial charge is 0.0153 e. The van der Waals surface area contributed by atoms with E-state index in [1.54, 1.807) is 0 Å². The Morgan fingerprint density at radius 2 is 1.81 bits per heavy atom. The highest BCUT2D eigenvalue weighted by Crippen LogP contribution is 2.28. The molecule has 1 aromatic carbocycles. The molecule has 0 N–H and O–H groups in total. The van der Waals surface area contributed by atoms with Crippen LogP contribution in [0.3, 0.4) is 0 Å². The zero-order chi connectivity index (χ0) is 12.0. The maximum absolute atomic E-state index is 3.80. The number of benzene rings is 1. The van der Waals surface area contributed by atoms with Gasteiger partial charge in [0, 0.05) is 0 Å². The number of rotatable bonds is 4. The van der Waals surface area contributed by atoms with Crippen molar-refractivity contribution in [2.45, 2.75) is 20.8 Å². The van der Waals surface area contributed by atoms with Crippen molar-refractivity contribution in [3.05, 3.63) is 66.3 Å². The minimum Gasteiger partial charge on any atom is -0.0990 e. The van der Waals surface area contributed by atoms with Crippen LogP contribution in [0, 0.1) is 5.92 Å². The van der Waals surface area contributed by atoms with E-state index in [1.807, 2.05) is 12.1 Å². The molecule has 1 aromatic rings. The molecule has 0 amide bonds. The van der Waals surface area contributed by atoms with Gasteiger partial charge in [0.25, 0.3) is 0 Å². The van der Waals surface area contributed by atoms with Gasteiger partial charge in [-0.25, -0.2) is 0 Å². The minimum absolute atomic E-state index is 0.524. The van der Waals surface area contributed by atoms with Crippen molar-refractivity contribution in [3.8, 4) is 0 Å². The Balaban J connectivity index is 3.21. The summed E-state index contributed by atoms with van der Waals surface area (Å²) in [5.41, 5.74) is 3.89. The molecule has 0 unspecified atom stereocenters. The van der Waals surface area contributed by atoms with Gasteiger partial charge in [-0.1, -0.05) is 69.0 Å². The van der Waals surface area contributed by atoms with Crippen molar-refractivity contribution in [1.82, 2.24) is 0 Å². The highest BCUT2D eigenvalue weighted by Gasteiger charge is 2.09. The normalized spacial score (nSPS) is 13.0. The lowest BCUT2D eigenvalue weighted by Crippen LogP contribution is -1.97. The van der Waals surface area contributed by atoms with E-state index >= 15 is 0 Å². The zero-order valence-electron chi connectivity index (χ0n) is 10.4. The van der Waals surface area contributed by atoms with Crippen LogP contribution in [0.4, 0.5) is 0 Å². The summed E-state index contributed by atoms with van der Waals surface area (Å²) in [6.45, 7) is 10.3. The second-order valence-corrected chi connectivity index (χ2v) is 4.08. The fraction of sp³-hybridized carbons (Fsp3) is 0.250. The molecular weight excluding hydrogens is 192 g/mol. The number of hydrogen-bond donors (Lipinski definition) is 0. The predicted molar refractivity (Wildman–Crippen MR) is 73.2 cm³/mol. The summed E-state index contributed by atoms with van der Waals surface area (Å²) in [6.07, 6.45) is 6.13. The molecule has 0 aliphatic carbocycles. The number of hydrogen-bond acceptors (Lipinski definition) is 0. The van der Waals surface area contributed by atoms with Crippen LogP contribution in [0.1, 0.15) is 26.3 Å². The summed E-state index contributed by atoms with van der Waals surface area (Å²) in [6, 6.07) is 10.5. The average Bonchev–Trinajstić information content (AvgIpc) is 2.29. The summed E-state index contributed by atoms with van der Waals surface area (Å²) in [5.74, 6) is 0.524. The molecule has 0 atom stereocenters. The van der Waals surface area contributed by atoms with E-state index in [-0.39, 0.29) is 0 Å². The Hall–Kier alpha value is -1.56. The standard InChI is InChI=1S/C16H20/c1-5-10-16(15(6-2)13(3)4)14-11-8-7-9-12-14/h5-13H,1H2,2-4H3/b15-6-,16-10-. The summed E-state index contributed by atoms with van der Waals surface area (Å²) in [7, 11) is 0. The molecule has 0 nitrogen and oxygen atoms in total. The molecule has 0 aromatic heterocycles. The van der Waals surface area contributed by atoms with Crippen LogP contribution in [0.5, 0.6) is 0 Å². The fourth-order valence-corrected chi connectivity index (χ4v) is 1.89. The van der Waals surface area contributed by atoms with Crippen molar-refractivity contribution in [3.63, 3.8) is 0 Å². The van der Waals surface area contributed by atoms with Gasteiger partial charge in [-0.3, -0.25) is 0 Å². The first kappa shape index (κ1) is 12.5. The minimum atomic E-state index is 0.524. The molecule has 0 radical (unpaired) electrons. The summed E-state index contributed by atoms with van der Waals surface area (Å²) >= 11 is 0. The zero-order valence-corrected chi connectivity index (χ0v) is 10.4. The predicted octanol–water partition coefficient (Wildman–Crippen LogP) is 4.86. The Morgan fingerprint density at radius 1 is 1.19 bits per heavy atom. The van der Waals surface area contributed by atoms with E-state index in [4.69, 9.17) is 0 Å². The van der Waals surface area contributed by atoms with Crippen molar-refractivity contribution < 1.29 is 0 Å². The molecule has 0 fully saturated rings. The molecule has 0 spiro atoms. The van der Waals surface area contributed by atoms with Gasteiger partial charge in [-0.05, 0) is 29.6 Å². The van der Waals surface area contributed by atoms with E-state index in [0.717, 1.165) is 0 Å². The van der Waals surface area contributed by atoms with Crippen molar-refractivity contribution in [2.24, 2.45) is 5.92 Å². The van der Waals surface area contributed by atoms with Crippen molar-refractivity contribution in [2.75, 3.05) is 0 Å². The van der Waals surface area contributed by atoms with E-state index in [2.05, 4.69) is 63.8 Å². The summed E-state index contributed by atoms with van der Waals surface area (Å²) in [5, 5.41) is 0. The molecular formula is C16H20. The highest BCUT2D eigenvalue weighted by molar-refractivity contribution is 5.80. The van der Waals surface area contributed by atoms with Crippen LogP contribution in [0.25, 0.3) is 5.57 Å². The molecule has 0 aliphatic heterocycles. The van der Waals surface area contributed by atoms with Crippen molar-refractivity contribution in [1.29, 1.82) is 0 Å². The Morgan fingerprint density at radius 3 is 2.25 bits per heavy atom. The molecule has 0 heterocycles. The van der Waals surface area contributed by atoms with E-state index in [1.165, 1.54) is 16.7 Å². The summed E-state index contributed by atoms with van der Waals surface area (Å²) < 4.78 is 0. The largest absolute Gasteiger partial charge is 0.0990 e. The fourth-order valence-electron chi connectivity index (χ4n) is 1.89. The Kier molecular flexibility index (Phi) is 4.78. The second kappa shape index (κ2) is 6.12. The number of allylic oxidation sites excluding steroid dienone is 5. The molecule has 0 saturated carbocycles. The first-order valence-electron chi connectivity index (χ1n) is 5.75. The van der Waals surface area contributed by atoms with Crippen molar-refractivity contribution >= 4 is 5.57 Å². The van der Waals surface area contributed by atoms with Crippen LogP contribution in [0.15, 0.2) is 60.7 Å². The SMILES string of the molecule is C=C/C=C(\C(=C/C)C(C)C)c1ccccc1. The lowest BCUT2D eigenvalue weighted by atomic mass is 9.90. The first-order chi connectivity index (χ1) is 7.70. The van der Waals surface area contributed by atoms with Crippen LogP contribution < -0.4 is 0 Å². The van der Waals surface area contributed by atoms with Crippen LogP contribution >= 0.6 is 0 Å². The topological polar surface area (TPSA) is 0 Å². The van der Waals surface area contributed by atoms with Gasteiger partial charge in [0.05, 0.1) is 0 Å². The van der Waals surface area contributed by atoms with E-state index in [0.29, 0.717) is 5.92 Å². The molecule has 0 heteroatoms. The molecule has 0 saturated heterocycles. The molecule has 1 rings (SSSR count). The third-order valence-electron chi connectivity index (χ3n) is 2.61.